The third kappa shape index (κ3) is 3.08. The Hall–Kier alpha value is -3.80. The van der Waals surface area contributed by atoms with Crippen molar-refractivity contribution in [2.45, 2.75) is 0 Å². The van der Waals surface area contributed by atoms with E-state index in [1.54, 1.807) is 12.1 Å². The molecule has 0 unspecified atom stereocenters. The maximum atomic E-state index is 11.5. The van der Waals surface area contributed by atoms with Crippen LogP contribution < -0.4 is 0 Å². The summed E-state index contributed by atoms with van der Waals surface area (Å²) in [4.78, 5) is 11.5. The Morgan fingerprint density at radius 2 is 1.54 bits per heavy atom. The summed E-state index contributed by atoms with van der Waals surface area (Å²) in [6.07, 6.45) is 1.44. The van der Waals surface area contributed by atoms with Crippen molar-refractivity contribution in [3.63, 3.8) is 0 Å². The van der Waals surface area contributed by atoms with Crippen LogP contribution in [0.25, 0.3) is 27.9 Å². The maximum Gasteiger partial charge on any atom is 0.335 e. The number of rotatable bonds is 4. The third-order valence-corrected chi connectivity index (χ3v) is 4.08. The van der Waals surface area contributed by atoms with Gasteiger partial charge >= 0.3 is 5.97 Å². The summed E-state index contributed by atoms with van der Waals surface area (Å²) in [5.41, 5.74) is 4.64. The summed E-state index contributed by atoms with van der Waals surface area (Å²) < 4.78 is 1.44. The molecule has 1 heterocycles. The summed E-state index contributed by atoms with van der Waals surface area (Å²) in [5.74, 6) is -1.000. The van der Waals surface area contributed by atoms with Gasteiger partial charge in [0.05, 0.1) is 11.3 Å². The molecule has 0 bridgehead atoms. The normalized spacial score (nSPS) is 10.6. The van der Waals surface area contributed by atoms with Gasteiger partial charge in [0.25, 0.3) is 0 Å². The number of tetrazole rings is 1. The van der Waals surface area contributed by atoms with Gasteiger partial charge in [0, 0.05) is 0 Å². The number of hydrogen-bond acceptors (Lipinski definition) is 4. The van der Waals surface area contributed by atoms with Crippen molar-refractivity contribution in [2.24, 2.45) is 0 Å². The van der Waals surface area contributed by atoms with Gasteiger partial charge in [-0.15, -0.1) is 5.10 Å². The molecule has 6 nitrogen and oxygen atoms in total. The Labute approximate surface area is 149 Å². The number of nitrogens with zero attached hydrogens (tertiary/aromatic N) is 4. The monoisotopic (exact) mass is 342 g/mol. The molecular weight excluding hydrogens is 328 g/mol. The van der Waals surface area contributed by atoms with Crippen molar-refractivity contribution >= 4 is 5.97 Å². The first-order valence-corrected chi connectivity index (χ1v) is 7.98. The summed E-state index contributed by atoms with van der Waals surface area (Å²) in [7, 11) is 0. The van der Waals surface area contributed by atoms with Crippen molar-refractivity contribution < 1.29 is 9.90 Å². The molecule has 26 heavy (non-hydrogen) atoms. The van der Waals surface area contributed by atoms with E-state index in [9.17, 15) is 9.90 Å². The summed E-state index contributed by atoms with van der Waals surface area (Å²) in [6, 6.07) is 23.1. The van der Waals surface area contributed by atoms with Gasteiger partial charge in [-0.05, 0) is 56.9 Å². The minimum Gasteiger partial charge on any atom is -0.478 e. The summed E-state index contributed by atoms with van der Waals surface area (Å²) in [5, 5.41) is 20.5. The molecule has 1 N–H and O–H groups in total. The first kappa shape index (κ1) is 15.7. The lowest BCUT2D eigenvalue weighted by atomic mass is 9.97. The minimum absolute atomic E-state index is 0.179. The highest BCUT2D eigenvalue weighted by molar-refractivity contribution is 5.90. The molecule has 3 aromatic carbocycles. The molecule has 0 aliphatic heterocycles. The lowest BCUT2D eigenvalue weighted by Gasteiger charge is -2.09. The quantitative estimate of drug-likeness (QED) is 0.612. The van der Waals surface area contributed by atoms with Crippen LogP contribution in [0.4, 0.5) is 0 Å². The standard InChI is InChI=1S/C20H14N4O2/c25-20(26)18-10-17(11-19(12-18)24-13-21-22-23-24)16-8-4-7-15(9-16)14-5-2-1-3-6-14/h1-13H,(H,25,26). The molecule has 6 heteroatoms. The molecule has 4 aromatic rings. The molecule has 4 rings (SSSR count). The smallest absolute Gasteiger partial charge is 0.335 e. The maximum absolute atomic E-state index is 11.5. The molecule has 0 atom stereocenters. The van der Waals surface area contributed by atoms with Crippen LogP contribution in [-0.2, 0) is 0 Å². The van der Waals surface area contributed by atoms with E-state index < -0.39 is 5.97 Å². The number of aromatic carboxylic acids is 1. The number of hydrogen-bond donors (Lipinski definition) is 1. The fraction of sp³-hybridized carbons (Fsp3) is 0. The number of carbonyl (C=O) groups is 1. The van der Waals surface area contributed by atoms with Crippen LogP contribution in [0.15, 0.2) is 79.1 Å². The van der Waals surface area contributed by atoms with Crippen molar-refractivity contribution in [1.29, 1.82) is 0 Å². The molecule has 0 radical (unpaired) electrons. The van der Waals surface area contributed by atoms with Crippen molar-refractivity contribution in [2.75, 3.05) is 0 Å². The van der Waals surface area contributed by atoms with Crippen LogP contribution in [0.2, 0.25) is 0 Å². The van der Waals surface area contributed by atoms with E-state index in [1.165, 1.54) is 11.0 Å². The third-order valence-electron chi connectivity index (χ3n) is 4.08. The van der Waals surface area contributed by atoms with E-state index >= 15 is 0 Å². The zero-order chi connectivity index (χ0) is 17.9. The lowest BCUT2D eigenvalue weighted by molar-refractivity contribution is 0.0697. The average molecular weight is 342 g/mol. The first-order valence-electron chi connectivity index (χ1n) is 7.98. The SMILES string of the molecule is O=C(O)c1cc(-c2cccc(-c3ccccc3)c2)cc(-n2cnnn2)c1. The van der Waals surface area contributed by atoms with Crippen LogP contribution >= 0.6 is 0 Å². The Bertz CT molecular complexity index is 1060. The van der Waals surface area contributed by atoms with Crippen LogP contribution in [-0.4, -0.2) is 31.3 Å². The highest BCUT2D eigenvalue weighted by Gasteiger charge is 2.11. The number of carboxylic acid groups (broad SMARTS) is 1. The molecule has 0 amide bonds. The zero-order valence-corrected chi connectivity index (χ0v) is 13.6. The minimum atomic E-state index is -1.000. The van der Waals surface area contributed by atoms with Crippen molar-refractivity contribution in [3.8, 4) is 27.9 Å². The first-order chi connectivity index (χ1) is 12.7. The second-order valence-electron chi connectivity index (χ2n) is 5.77. The van der Waals surface area contributed by atoms with Gasteiger partial charge in [-0.3, -0.25) is 0 Å². The van der Waals surface area contributed by atoms with Gasteiger partial charge in [0.2, 0.25) is 0 Å². The fourth-order valence-corrected chi connectivity index (χ4v) is 2.82. The highest BCUT2D eigenvalue weighted by atomic mass is 16.4. The molecule has 0 aliphatic rings. The predicted molar refractivity (Wildman–Crippen MR) is 97.0 cm³/mol. The second-order valence-corrected chi connectivity index (χ2v) is 5.77. The summed E-state index contributed by atoms with van der Waals surface area (Å²) >= 11 is 0. The van der Waals surface area contributed by atoms with Crippen LogP contribution in [0, 0.1) is 0 Å². The lowest BCUT2D eigenvalue weighted by Crippen LogP contribution is -2.02. The van der Waals surface area contributed by atoms with Gasteiger partial charge in [-0.1, -0.05) is 48.5 Å². The zero-order valence-electron chi connectivity index (χ0n) is 13.6. The summed E-state index contributed by atoms with van der Waals surface area (Å²) in [6.45, 7) is 0. The molecular formula is C20H14N4O2. The van der Waals surface area contributed by atoms with Crippen LogP contribution in [0.3, 0.4) is 0 Å². The van der Waals surface area contributed by atoms with E-state index in [1.807, 2.05) is 60.7 Å². The second kappa shape index (κ2) is 6.60. The Morgan fingerprint density at radius 3 is 2.23 bits per heavy atom. The Morgan fingerprint density at radius 1 is 0.808 bits per heavy atom. The molecule has 0 spiro atoms. The number of aromatic nitrogens is 4. The van der Waals surface area contributed by atoms with E-state index in [4.69, 9.17) is 0 Å². The topological polar surface area (TPSA) is 80.9 Å². The van der Waals surface area contributed by atoms with Gasteiger partial charge < -0.3 is 5.11 Å². The fourth-order valence-electron chi connectivity index (χ4n) is 2.82. The van der Waals surface area contributed by atoms with Crippen molar-refractivity contribution in [1.82, 2.24) is 20.2 Å². The predicted octanol–water partition coefficient (Wildman–Crippen LogP) is 3.69. The van der Waals surface area contributed by atoms with E-state index in [2.05, 4.69) is 15.5 Å². The van der Waals surface area contributed by atoms with Gasteiger partial charge in [-0.2, -0.15) is 0 Å². The van der Waals surface area contributed by atoms with Gasteiger partial charge in [0.1, 0.15) is 6.33 Å². The van der Waals surface area contributed by atoms with Gasteiger partial charge in [-0.25, -0.2) is 9.48 Å². The van der Waals surface area contributed by atoms with E-state index in [0.717, 1.165) is 22.3 Å². The van der Waals surface area contributed by atoms with Crippen molar-refractivity contribution in [3.05, 3.63) is 84.7 Å². The molecule has 0 aliphatic carbocycles. The Kier molecular flexibility index (Phi) is 3.99. The van der Waals surface area contributed by atoms with Crippen LogP contribution in [0.5, 0.6) is 0 Å². The largest absolute Gasteiger partial charge is 0.478 e. The van der Waals surface area contributed by atoms with E-state index in [0.29, 0.717) is 5.69 Å². The average Bonchev–Trinajstić information content (AvgIpc) is 3.23. The number of benzene rings is 3. The number of carboxylic acids is 1. The van der Waals surface area contributed by atoms with Crippen LogP contribution in [0.1, 0.15) is 10.4 Å². The Balaban J connectivity index is 1.84. The molecule has 1 aromatic heterocycles. The molecule has 0 fully saturated rings. The highest BCUT2D eigenvalue weighted by Crippen LogP contribution is 2.28. The van der Waals surface area contributed by atoms with Gasteiger partial charge in [0.15, 0.2) is 0 Å². The molecule has 0 saturated heterocycles. The van der Waals surface area contributed by atoms with E-state index in [-0.39, 0.29) is 5.56 Å². The molecule has 0 saturated carbocycles. The molecule has 126 valence electrons.